The monoisotopic (exact) mass is 285 g/mol. The number of hydrogen-bond donors (Lipinski definition) is 1. The number of hydrogen-bond acceptors (Lipinski definition) is 3. The van der Waals surface area contributed by atoms with Crippen molar-refractivity contribution in [2.75, 3.05) is 13.7 Å². The summed E-state index contributed by atoms with van der Waals surface area (Å²) in [5.41, 5.74) is 1.58. The van der Waals surface area contributed by atoms with Crippen LogP contribution in [0.15, 0.2) is 48.5 Å². The molecule has 0 saturated carbocycles. The van der Waals surface area contributed by atoms with E-state index in [1.165, 1.54) is 0 Å². The van der Waals surface area contributed by atoms with Gasteiger partial charge < -0.3 is 14.8 Å². The molecule has 0 aliphatic rings. The van der Waals surface area contributed by atoms with Crippen LogP contribution in [0.2, 0.25) is 0 Å². The van der Waals surface area contributed by atoms with E-state index in [9.17, 15) is 4.79 Å². The minimum absolute atomic E-state index is 0.129. The fraction of sp³-hybridized carbons (Fsp3) is 0.235. The standard InChI is InChI=1S/C17H19NO3/c1-3-21-16-9-4-6-13(10-16)12-18-17(19)14-7-5-8-15(11-14)20-2/h4-11H,3,12H2,1-2H3,(H,18,19). The van der Waals surface area contributed by atoms with Crippen LogP contribution in [0.5, 0.6) is 11.5 Å². The molecule has 1 amide bonds. The summed E-state index contributed by atoms with van der Waals surface area (Å²) in [6.45, 7) is 3.02. The van der Waals surface area contributed by atoms with Gasteiger partial charge in [0.15, 0.2) is 0 Å². The lowest BCUT2D eigenvalue weighted by Gasteiger charge is -2.08. The largest absolute Gasteiger partial charge is 0.497 e. The molecule has 0 spiro atoms. The molecule has 0 heterocycles. The number of amides is 1. The van der Waals surface area contributed by atoms with E-state index in [2.05, 4.69) is 5.32 Å². The van der Waals surface area contributed by atoms with Gasteiger partial charge in [0, 0.05) is 12.1 Å². The number of carbonyl (C=O) groups excluding carboxylic acids is 1. The van der Waals surface area contributed by atoms with Crippen molar-refractivity contribution in [1.29, 1.82) is 0 Å². The van der Waals surface area contributed by atoms with Gasteiger partial charge in [-0.15, -0.1) is 0 Å². The second-order valence-corrected chi connectivity index (χ2v) is 4.50. The van der Waals surface area contributed by atoms with Gasteiger partial charge in [-0.05, 0) is 42.8 Å². The zero-order valence-corrected chi connectivity index (χ0v) is 12.3. The first-order valence-corrected chi connectivity index (χ1v) is 6.87. The van der Waals surface area contributed by atoms with Crippen molar-refractivity contribution in [2.45, 2.75) is 13.5 Å². The van der Waals surface area contributed by atoms with Gasteiger partial charge in [0.2, 0.25) is 0 Å². The molecule has 1 N–H and O–H groups in total. The Morgan fingerprint density at radius 1 is 1.10 bits per heavy atom. The van der Waals surface area contributed by atoms with Crippen LogP contribution in [0.3, 0.4) is 0 Å². The molecule has 2 aromatic carbocycles. The van der Waals surface area contributed by atoms with Gasteiger partial charge in [0.05, 0.1) is 13.7 Å². The van der Waals surface area contributed by atoms with Crippen LogP contribution in [0, 0.1) is 0 Å². The molecule has 0 unspecified atom stereocenters. The van der Waals surface area contributed by atoms with Crippen LogP contribution in [0.4, 0.5) is 0 Å². The molecule has 21 heavy (non-hydrogen) atoms. The Morgan fingerprint density at radius 3 is 2.62 bits per heavy atom. The summed E-state index contributed by atoms with van der Waals surface area (Å²) in [6, 6.07) is 14.8. The Morgan fingerprint density at radius 2 is 1.86 bits per heavy atom. The van der Waals surface area contributed by atoms with Crippen molar-refractivity contribution in [2.24, 2.45) is 0 Å². The molecule has 0 aliphatic heterocycles. The van der Waals surface area contributed by atoms with Crippen LogP contribution in [-0.4, -0.2) is 19.6 Å². The normalized spacial score (nSPS) is 10.0. The summed E-state index contributed by atoms with van der Waals surface area (Å²) in [7, 11) is 1.58. The predicted octanol–water partition coefficient (Wildman–Crippen LogP) is 3.02. The molecule has 0 atom stereocenters. The third-order valence-corrected chi connectivity index (χ3v) is 2.99. The molecule has 0 radical (unpaired) electrons. The predicted molar refractivity (Wildman–Crippen MR) is 81.8 cm³/mol. The second-order valence-electron chi connectivity index (χ2n) is 4.50. The van der Waals surface area contributed by atoms with E-state index in [-0.39, 0.29) is 5.91 Å². The molecule has 2 aromatic rings. The van der Waals surface area contributed by atoms with E-state index in [1.807, 2.05) is 37.3 Å². The highest BCUT2D eigenvalue weighted by atomic mass is 16.5. The molecule has 0 fully saturated rings. The van der Waals surface area contributed by atoms with Gasteiger partial charge >= 0.3 is 0 Å². The first-order chi connectivity index (χ1) is 10.2. The average molecular weight is 285 g/mol. The summed E-state index contributed by atoms with van der Waals surface area (Å²) in [5.74, 6) is 1.35. The number of methoxy groups -OCH3 is 1. The number of rotatable bonds is 6. The Kier molecular flexibility index (Phi) is 5.21. The van der Waals surface area contributed by atoms with Crippen molar-refractivity contribution >= 4 is 5.91 Å². The smallest absolute Gasteiger partial charge is 0.251 e. The highest BCUT2D eigenvalue weighted by molar-refractivity contribution is 5.94. The molecule has 110 valence electrons. The van der Waals surface area contributed by atoms with Gasteiger partial charge in [-0.25, -0.2) is 0 Å². The molecule has 0 aliphatic carbocycles. The third kappa shape index (κ3) is 4.24. The molecule has 4 heteroatoms. The van der Waals surface area contributed by atoms with Crippen LogP contribution in [-0.2, 0) is 6.54 Å². The van der Waals surface area contributed by atoms with E-state index in [0.29, 0.717) is 24.5 Å². The molecule has 0 aromatic heterocycles. The minimum Gasteiger partial charge on any atom is -0.497 e. The van der Waals surface area contributed by atoms with Gasteiger partial charge in [0.25, 0.3) is 5.91 Å². The zero-order valence-electron chi connectivity index (χ0n) is 12.3. The summed E-state index contributed by atoms with van der Waals surface area (Å²) in [5, 5.41) is 2.89. The first kappa shape index (κ1) is 14.9. The number of benzene rings is 2. The van der Waals surface area contributed by atoms with Crippen LogP contribution >= 0.6 is 0 Å². The quantitative estimate of drug-likeness (QED) is 0.887. The Balaban J connectivity index is 1.98. The fourth-order valence-electron chi connectivity index (χ4n) is 1.96. The minimum atomic E-state index is -0.129. The van der Waals surface area contributed by atoms with Gasteiger partial charge in [-0.2, -0.15) is 0 Å². The topological polar surface area (TPSA) is 47.6 Å². The van der Waals surface area contributed by atoms with Crippen LogP contribution < -0.4 is 14.8 Å². The summed E-state index contributed by atoms with van der Waals surface area (Å²) in [6.07, 6.45) is 0. The van der Waals surface area contributed by atoms with Crippen molar-refractivity contribution in [3.05, 3.63) is 59.7 Å². The maximum atomic E-state index is 12.1. The van der Waals surface area contributed by atoms with Crippen molar-refractivity contribution < 1.29 is 14.3 Å². The first-order valence-electron chi connectivity index (χ1n) is 6.87. The zero-order chi connectivity index (χ0) is 15.1. The number of nitrogens with one attached hydrogen (secondary N) is 1. The highest BCUT2D eigenvalue weighted by Crippen LogP contribution is 2.14. The highest BCUT2D eigenvalue weighted by Gasteiger charge is 2.06. The summed E-state index contributed by atoms with van der Waals surface area (Å²) < 4.78 is 10.6. The molecule has 0 saturated heterocycles. The fourth-order valence-corrected chi connectivity index (χ4v) is 1.96. The van der Waals surface area contributed by atoms with Crippen LogP contribution in [0.1, 0.15) is 22.8 Å². The number of ether oxygens (including phenoxy) is 2. The Hall–Kier alpha value is -2.49. The summed E-state index contributed by atoms with van der Waals surface area (Å²) in [4.78, 5) is 12.1. The summed E-state index contributed by atoms with van der Waals surface area (Å²) >= 11 is 0. The van der Waals surface area contributed by atoms with Gasteiger partial charge in [-0.1, -0.05) is 18.2 Å². The van der Waals surface area contributed by atoms with E-state index in [4.69, 9.17) is 9.47 Å². The van der Waals surface area contributed by atoms with E-state index >= 15 is 0 Å². The number of carbonyl (C=O) groups is 1. The molecule has 4 nitrogen and oxygen atoms in total. The maximum Gasteiger partial charge on any atom is 0.251 e. The lowest BCUT2D eigenvalue weighted by Crippen LogP contribution is -2.22. The third-order valence-electron chi connectivity index (χ3n) is 2.99. The Labute approximate surface area is 124 Å². The molecule has 0 bridgehead atoms. The van der Waals surface area contributed by atoms with Gasteiger partial charge in [-0.3, -0.25) is 4.79 Å². The average Bonchev–Trinajstić information content (AvgIpc) is 2.53. The lowest BCUT2D eigenvalue weighted by atomic mass is 10.2. The Bertz CT molecular complexity index is 610. The molecule has 2 rings (SSSR count). The van der Waals surface area contributed by atoms with Crippen molar-refractivity contribution in [1.82, 2.24) is 5.32 Å². The van der Waals surface area contributed by atoms with Gasteiger partial charge in [0.1, 0.15) is 11.5 Å². The van der Waals surface area contributed by atoms with Crippen molar-refractivity contribution in [3.8, 4) is 11.5 Å². The van der Waals surface area contributed by atoms with Crippen LogP contribution in [0.25, 0.3) is 0 Å². The molecular weight excluding hydrogens is 266 g/mol. The molecular formula is C17H19NO3. The second kappa shape index (κ2) is 7.33. The van der Waals surface area contributed by atoms with Crippen molar-refractivity contribution in [3.63, 3.8) is 0 Å². The lowest BCUT2D eigenvalue weighted by molar-refractivity contribution is 0.0950. The van der Waals surface area contributed by atoms with E-state index in [1.54, 1.807) is 25.3 Å². The SMILES string of the molecule is CCOc1cccc(CNC(=O)c2cccc(OC)c2)c1. The van der Waals surface area contributed by atoms with E-state index < -0.39 is 0 Å². The van der Waals surface area contributed by atoms with E-state index in [0.717, 1.165) is 11.3 Å². The maximum absolute atomic E-state index is 12.1.